The zero-order valence-corrected chi connectivity index (χ0v) is 9.67. The summed E-state index contributed by atoms with van der Waals surface area (Å²) in [4.78, 5) is 4.44. The van der Waals surface area contributed by atoms with E-state index in [2.05, 4.69) is 10.1 Å². The highest BCUT2D eigenvalue weighted by Gasteiger charge is 2.10. The Hall–Kier alpha value is -1.13. The second kappa shape index (κ2) is 3.79. The third kappa shape index (κ3) is 1.70. The lowest BCUT2D eigenvalue weighted by atomic mass is 10.3. The summed E-state index contributed by atoms with van der Waals surface area (Å²) < 4.78 is 6.67. The molecule has 0 aliphatic rings. The minimum atomic E-state index is 0.458. The van der Waals surface area contributed by atoms with Gasteiger partial charge in [-0.3, -0.25) is 0 Å². The first kappa shape index (κ1) is 10.4. The summed E-state index contributed by atoms with van der Waals surface area (Å²) in [5.74, 6) is 0. The van der Waals surface area contributed by atoms with Gasteiger partial charge in [0.25, 0.3) is 0 Å². The largest absolute Gasteiger partial charge is 0.378 e. The lowest BCUT2D eigenvalue weighted by molar-refractivity contribution is 0.181. The first-order valence-electron chi connectivity index (χ1n) is 4.63. The van der Waals surface area contributed by atoms with Gasteiger partial charge in [-0.2, -0.15) is 5.10 Å². The molecular weight excluding hydrogens is 214 g/mol. The zero-order chi connectivity index (χ0) is 11.0. The van der Waals surface area contributed by atoms with Crippen LogP contribution in [0.1, 0.15) is 17.0 Å². The quantitative estimate of drug-likeness (QED) is 0.736. The number of hydrogen-bond donors (Lipinski definition) is 0. The van der Waals surface area contributed by atoms with E-state index in [1.54, 1.807) is 17.7 Å². The fourth-order valence-electron chi connectivity index (χ4n) is 1.46. The van der Waals surface area contributed by atoms with Crippen molar-refractivity contribution in [3.05, 3.63) is 28.2 Å². The van der Waals surface area contributed by atoms with Crippen LogP contribution in [0, 0.1) is 13.8 Å². The summed E-state index contributed by atoms with van der Waals surface area (Å²) in [5, 5.41) is 4.85. The molecule has 0 saturated carbocycles. The van der Waals surface area contributed by atoms with Gasteiger partial charge in [-0.15, -0.1) is 0 Å². The van der Waals surface area contributed by atoms with Gasteiger partial charge in [-0.25, -0.2) is 9.50 Å². The molecule has 80 valence electrons. The molecule has 2 heterocycles. The first-order chi connectivity index (χ1) is 7.13. The summed E-state index contributed by atoms with van der Waals surface area (Å²) >= 11 is 6.09. The van der Waals surface area contributed by atoms with E-state index in [9.17, 15) is 0 Å². The molecule has 4 nitrogen and oxygen atoms in total. The van der Waals surface area contributed by atoms with Gasteiger partial charge >= 0.3 is 0 Å². The van der Waals surface area contributed by atoms with Gasteiger partial charge in [0, 0.05) is 12.7 Å². The average molecular weight is 226 g/mol. The molecule has 0 bridgehead atoms. The van der Waals surface area contributed by atoms with Gasteiger partial charge in [-0.05, 0) is 19.9 Å². The number of aromatic nitrogens is 3. The molecule has 0 saturated heterocycles. The average Bonchev–Trinajstić information content (AvgIpc) is 2.46. The Bertz CT molecular complexity index is 507. The Morgan fingerprint density at radius 3 is 2.87 bits per heavy atom. The maximum absolute atomic E-state index is 6.09. The fraction of sp³-hybridized carbons (Fsp3) is 0.400. The second-order valence-electron chi connectivity index (χ2n) is 3.45. The van der Waals surface area contributed by atoms with Crippen molar-refractivity contribution in [2.75, 3.05) is 7.11 Å². The highest BCUT2D eigenvalue weighted by molar-refractivity contribution is 6.29. The van der Waals surface area contributed by atoms with Crippen molar-refractivity contribution in [3.8, 4) is 0 Å². The Morgan fingerprint density at radius 2 is 2.20 bits per heavy atom. The maximum Gasteiger partial charge on any atom is 0.160 e. The number of fused-ring (bicyclic) bond motifs is 1. The molecule has 0 spiro atoms. The van der Waals surface area contributed by atoms with Crippen molar-refractivity contribution in [1.82, 2.24) is 14.6 Å². The zero-order valence-electron chi connectivity index (χ0n) is 8.91. The molecule has 0 unspecified atom stereocenters. The molecule has 2 rings (SSSR count). The van der Waals surface area contributed by atoms with Crippen molar-refractivity contribution >= 4 is 17.2 Å². The number of ether oxygens (including phenoxy) is 1. The molecule has 0 amide bonds. The third-order valence-electron chi connectivity index (χ3n) is 2.36. The van der Waals surface area contributed by atoms with E-state index in [-0.39, 0.29) is 0 Å². The predicted molar refractivity (Wildman–Crippen MR) is 58.2 cm³/mol. The van der Waals surface area contributed by atoms with E-state index in [1.807, 2.05) is 13.8 Å². The minimum Gasteiger partial charge on any atom is -0.378 e. The van der Waals surface area contributed by atoms with Crippen LogP contribution in [-0.2, 0) is 11.3 Å². The number of nitrogens with zero attached hydrogens (tertiary/aromatic N) is 3. The monoisotopic (exact) mass is 225 g/mol. The van der Waals surface area contributed by atoms with Crippen molar-refractivity contribution in [3.63, 3.8) is 0 Å². The molecule has 0 aliphatic carbocycles. The molecule has 5 heteroatoms. The Kier molecular flexibility index (Phi) is 2.63. The van der Waals surface area contributed by atoms with Crippen LogP contribution in [0.15, 0.2) is 6.07 Å². The summed E-state index contributed by atoms with van der Waals surface area (Å²) in [6.45, 7) is 4.38. The van der Waals surface area contributed by atoms with E-state index in [1.165, 1.54) is 0 Å². The molecule has 2 aromatic rings. The summed E-state index contributed by atoms with van der Waals surface area (Å²) in [5.41, 5.74) is 3.61. The topological polar surface area (TPSA) is 39.4 Å². The van der Waals surface area contributed by atoms with Gasteiger partial charge in [0.15, 0.2) is 5.65 Å². The van der Waals surface area contributed by atoms with Crippen LogP contribution in [0.4, 0.5) is 0 Å². The number of aryl methyl sites for hydroxylation is 2. The predicted octanol–water partition coefficient (Wildman–Crippen LogP) is 2.15. The highest BCUT2D eigenvalue weighted by Crippen LogP contribution is 2.18. The maximum atomic E-state index is 6.09. The van der Waals surface area contributed by atoms with Crippen LogP contribution >= 0.6 is 11.6 Å². The lowest BCUT2D eigenvalue weighted by Crippen LogP contribution is -1.98. The molecular formula is C10H12ClN3O. The van der Waals surface area contributed by atoms with Crippen molar-refractivity contribution in [2.24, 2.45) is 0 Å². The summed E-state index contributed by atoms with van der Waals surface area (Å²) in [6, 6.07) is 1.77. The summed E-state index contributed by atoms with van der Waals surface area (Å²) in [7, 11) is 1.63. The van der Waals surface area contributed by atoms with Gasteiger partial charge in [0.05, 0.1) is 18.0 Å². The van der Waals surface area contributed by atoms with Crippen molar-refractivity contribution < 1.29 is 4.74 Å². The van der Waals surface area contributed by atoms with E-state index in [0.717, 1.165) is 22.6 Å². The van der Waals surface area contributed by atoms with Crippen LogP contribution in [0.3, 0.4) is 0 Å². The number of rotatable bonds is 2. The standard InChI is InChI=1S/C10H12ClN3O/c1-6-7(2)13-14-9(11)4-8(5-15-3)12-10(6)14/h4H,5H2,1-3H3. The van der Waals surface area contributed by atoms with Gasteiger partial charge < -0.3 is 4.74 Å². The van der Waals surface area contributed by atoms with Crippen LogP contribution in [0.5, 0.6) is 0 Å². The molecule has 0 radical (unpaired) electrons. The fourth-order valence-corrected chi connectivity index (χ4v) is 1.71. The van der Waals surface area contributed by atoms with Gasteiger partial charge in [-0.1, -0.05) is 11.6 Å². The molecule has 0 aromatic carbocycles. The van der Waals surface area contributed by atoms with Gasteiger partial charge in [0.2, 0.25) is 0 Å². The molecule has 0 atom stereocenters. The second-order valence-corrected chi connectivity index (χ2v) is 3.84. The van der Waals surface area contributed by atoms with Crippen LogP contribution in [0.2, 0.25) is 5.15 Å². The number of methoxy groups -OCH3 is 1. The Balaban J connectivity index is 2.68. The molecule has 15 heavy (non-hydrogen) atoms. The molecule has 0 aliphatic heterocycles. The molecule has 0 N–H and O–H groups in total. The highest BCUT2D eigenvalue weighted by atomic mass is 35.5. The Morgan fingerprint density at radius 1 is 1.47 bits per heavy atom. The van der Waals surface area contributed by atoms with E-state index >= 15 is 0 Å². The van der Waals surface area contributed by atoms with Crippen molar-refractivity contribution in [2.45, 2.75) is 20.5 Å². The number of hydrogen-bond acceptors (Lipinski definition) is 3. The van der Waals surface area contributed by atoms with Crippen molar-refractivity contribution in [1.29, 1.82) is 0 Å². The van der Waals surface area contributed by atoms with E-state index < -0.39 is 0 Å². The Labute approximate surface area is 92.8 Å². The number of halogens is 1. The lowest BCUT2D eigenvalue weighted by Gasteiger charge is -2.02. The van der Waals surface area contributed by atoms with Crippen LogP contribution in [-0.4, -0.2) is 21.7 Å². The van der Waals surface area contributed by atoms with Crippen LogP contribution < -0.4 is 0 Å². The minimum absolute atomic E-state index is 0.458. The first-order valence-corrected chi connectivity index (χ1v) is 5.01. The molecule has 0 fully saturated rings. The normalized spacial score (nSPS) is 11.2. The van der Waals surface area contributed by atoms with Crippen LogP contribution in [0.25, 0.3) is 5.65 Å². The SMILES string of the molecule is COCc1cc(Cl)n2nc(C)c(C)c2n1. The summed E-state index contributed by atoms with van der Waals surface area (Å²) in [6.07, 6.45) is 0. The van der Waals surface area contributed by atoms with E-state index in [0.29, 0.717) is 11.8 Å². The smallest absolute Gasteiger partial charge is 0.160 e. The molecule has 2 aromatic heterocycles. The van der Waals surface area contributed by atoms with E-state index in [4.69, 9.17) is 16.3 Å². The third-order valence-corrected chi connectivity index (χ3v) is 2.63. The van der Waals surface area contributed by atoms with Gasteiger partial charge in [0.1, 0.15) is 5.15 Å².